The molecule has 0 heterocycles. The van der Waals surface area contributed by atoms with E-state index in [0.29, 0.717) is 22.8 Å². The van der Waals surface area contributed by atoms with Crippen molar-refractivity contribution >= 4 is 17.9 Å². The number of rotatable bonds is 12. The number of hydrogen-bond acceptors (Lipinski definition) is 8. The van der Waals surface area contributed by atoms with Gasteiger partial charge in [-0.3, -0.25) is 0 Å². The van der Waals surface area contributed by atoms with Gasteiger partial charge < -0.3 is 23.7 Å². The Morgan fingerprint density at radius 2 is 1.05 bits per heavy atom. The van der Waals surface area contributed by atoms with Crippen molar-refractivity contribution in [2.24, 2.45) is 0 Å². The molecule has 0 aliphatic rings. The van der Waals surface area contributed by atoms with Crippen LogP contribution in [0.2, 0.25) is 0 Å². The third kappa shape index (κ3) is 7.86. The van der Waals surface area contributed by atoms with Gasteiger partial charge in [-0.05, 0) is 53.9 Å². The van der Waals surface area contributed by atoms with E-state index in [1.165, 1.54) is 14.2 Å². The lowest BCUT2D eigenvalue weighted by atomic mass is 9.99. The molecule has 0 fully saturated rings. The summed E-state index contributed by atoms with van der Waals surface area (Å²) in [4.78, 5) is 36.6. The summed E-state index contributed by atoms with van der Waals surface area (Å²) in [6.45, 7) is 12.6. The molecule has 8 heteroatoms. The maximum absolute atomic E-state index is 12.4. The van der Waals surface area contributed by atoms with E-state index in [-0.39, 0.29) is 29.9 Å². The number of carbonyl (C=O) groups excluding carboxylic acids is 3. The molecule has 0 saturated carbocycles. The second kappa shape index (κ2) is 13.8. The quantitative estimate of drug-likeness (QED) is 0.163. The summed E-state index contributed by atoms with van der Waals surface area (Å²) in [5.74, 6) is -0.739. The molecule has 8 nitrogen and oxygen atoms in total. The van der Waals surface area contributed by atoms with Crippen LogP contribution in [0.25, 0.3) is 22.3 Å². The number of carbonyl (C=O) groups is 3. The maximum atomic E-state index is 12.4. The predicted molar refractivity (Wildman–Crippen MR) is 151 cm³/mol. The molecular weight excluding hydrogens is 512 g/mol. The first-order valence-electron chi connectivity index (χ1n) is 12.1. The van der Waals surface area contributed by atoms with Crippen molar-refractivity contribution in [3.63, 3.8) is 0 Å². The van der Waals surface area contributed by atoms with Gasteiger partial charge in [-0.15, -0.1) is 0 Å². The van der Waals surface area contributed by atoms with Crippen LogP contribution in [0, 0.1) is 0 Å². The van der Waals surface area contributed by atoms with Crippen molar-refractivity contribution < 1.29 is 38.1 Å². The summed E-state index contributed by atoms with van der Waals surface area (Å²) in [5.41, 5.74) is 3.57. The Balaban J connectivity index is 1.87. The predicted octanol–water partition coefficient (Wildman–Crippen LogP) is 5.72. The molecule has 3 aromatic carbocycles. The molecule has 3 aromatic rings. The number of ether oxygens (including phenoxy) is 5. The van der Waals surface area contributed by atoms with Crippen LogP contribution in [0.5, 0.6) is 17.2 Å². The summed E-state index contributed by atoms with van der Waals surface area (Å²) < 4.78 is 26.1. The highest BCUT2D eigenvalue weighted by molar-refractivity contribution is 5.92. The molecule has 0 N–H and O–H groups in total. The largest absolute Gasteiger partial charge is 0.423 e. The van der Waals surface area contributed by atoms with Gasteiger partial charge in [0.05, 0.1) is 24.4 Å². The van der Waals surface area contributed by atoms with Gasteiger partial charge in [-0.2, -0.15) is 0 Å². The van der Waals surface area contributed by atoms with Crippen molar-refractivity contribution in [3.8, 4) is 39.5 Å². The summed E-state index contributed by atoms with van der Waals surface area (Å²) in [7, 11) is 2.93. The third-order valence-corrected chi connectivity index (χ3v) is 5.52. The average molecular weight is 543 g/mol. The molecule has 0 radical (unpaired) electrons. The number of esters is 3. The molecule has 206 valence electrons. The van der Waals surface area contributed by atoms with Crippen molar-refractivity contribution in [2.75, 3.05) is 27.4 Å². The van der Waals surface area contributed by atoms with Crippen LogP contribution in [-0.4, -0.2) is 45.3 Å². The van der Waals surface area contributed by atoms with Gasteiger partial charge in [-0.1, -0.05) is 56.1 Å². The third-order valence-electron chi connectivity index (χ3n) is 5.52. The summed E-state index contributed by atoms with van der Waals surface area (Å²) >= 11 is 0. The van der Waals surface area contributed by atoms with Gasteiger partial charge in [0.15, 0.2) is 0 Å². The summed E-state index contributed by atoms with van der Waals surface area (Å²) in [5, 5.41) is 0. The molecule has 0 unspecified atom stereocenters. The second-order valence-corrected chi connectivity index (χ2v) is 8.78. The standard InChI is InChI=1S/C32H30O8/c1-20(2)30(33)40-29-17-25(23-7-12-26(13-8-23)38-31(34)21(3)18-36-5)11-16-28(29)24-9-14-27(15-10-24)39-32(35)22(4)19-37-6/h7-17H,1,3-4,18-19H2,2,5-6H3. The molecule has 0 amide bonds. The zero-order valence-electron chi connectivity index (χ0n) is 22.7. The summed E-state index contributed by atoms with van der Waals surface area (Å²) in [6, 6.07) is 19.1. The average Bonchev–Trinajstić information content (AvgIpc) is 2.94. The Hall–Kier alpha value is -4.79. The van der Waals surface area contributed by atoms with E-state index in [1.54, 1.807) is 61.5 Å². The molecule has 0 aliphatic carbocycles. The van der Waals surface area contributed by atoms with Crippen LogP contribution in [0.1, 0.15) is 6.92 Å². The molecule has 3 rings (SSSR count). The molecular formula is C32H30O8. The van der Waals surface area contributed by atoms with E-state index in [2.05, 4.69) is 19.7 Å². The topological polar surface area (TPSA) is 97.4 Å². The fourth-order valence-electron chi connectivity index (χ4n) is 3.45. The Morgan fingerprint density at radius 3 is 1.50 bits per heavy atom. The first-order valence-corrected chi connectivity index (χ1v) is 12.1. The zero-order valence-corrected chi connectivity index (χ0v) is 22.7. The zero-order chi connectivity index (χ0) is 29.2. The van der Waals surface area contributed by atoms with Gasteiger partial charge in [-0.25, -0.2) is 14.4 Å². The van der Waals surface area contributed by atoms with Gasteiger partial charge in [0, 0.05) is 25.4 Å². The van der Waals surface area contributed by atoms with E-state index in [4.69, 9.17) is 23.7 Å². The highest BCUT2D eigenvalue weighted by Gasteiger charge is 2.16. The molecule has 0 aromatic heterocycles. The van der Waals surface area contributed by atoms with Crippen LogP contribution in [0.3, 0.4) is 0 Å². The lowest BCUT2D eigenvalue weighted by Gasteiger charge is -2.14. The molecule has 0 spiro atoms. The maximum Gasteiger partial charge on any atom is 0.341 e. The van der Waals surface area contributed by atoms with Gasteiger partial charge in [0.2, 0.25) is 0 Å². The Morgan fingerprint density at radius 1 is 0.600 bits per heavy atom. The monoisotopic (exact) mass is 542 g/mol. The van der Waals surface area contributed by atoms with Crippen LogP contribution in [0.4, 0.5) is 0 Å². The Labute approximate surface area is 233 Å². The van der Waals surface area contributed by atoms with Gasteiger partial charge in [0.25, 0.3) is 0 Å². The first-order chi connectivity index (χ1) is 19.1. The highest BCUT2D eigenvalue weighted by atomic mass is 16.5. The van der Waals surface area contributed by atoms with E-state index in [1.807, 2.05) is 12.1 Å². The second-order valence-electron chi connectivity index (χ2n) is 8.78. The Kier molecular flexibility index (Phi) is 10.3. The lowest BCUT2D eigenvalue weighted by Crippen LogP contribution is -2.13. The highest BCUT2D eigenvalue weighted by Crippen LogP contribution is 2.36. The van der Waals surface area contributed by atoms with Crippen molar-refractivity contribution in [1.29, 1.82) is 0 Å². The van der Waals surface area contributed by atoms with E-state index < -0.39 is 17.9 Å². The minimum Gasteiger partial charge on any atom is -0.423 e. The SMILES string of the molecule is C=C(C)C(=O)Oc1cc(-c2ccc(OC(=O)C(=C)COC)cc2)ccc1-c1ccc(OC(=O)C(=C)COC)cc1. The van der Waals surface area contributed by atoms with Crippen LogP contribution >= 0.6 is 0 Å². The van der Waals surface area contributed by atoms with E-state index in [9.17, 15) is 14.4 Å². The summed E-state index contributed by atoms with van der Waals surface area (Å²) in [6.07, 6.45) is 0. The first kappa shape index (κ1) is 29.8. The lowest BCUT2D eigenvalue weighted by molar-refractivity contribution is -0.131. The van der Waals surface area contributed by atoms with Crippen LogP contribution < -0.4 is 14.2 Å². The fraction of sp³-hybridized carbons (Fsp3) is 0.156. The smallest absolute Gasteiger partial charge is 0.341 e. The molecule has 0 saturated heterocycles. The molecule has 0 bridgehead atoms. The minimum absolute atomic E-state index is 0.0682. The van der Waals surface area contributed by atoms with E-state index in [0.717, 1.165) is 16.7 Å². The van der Waals surface area contributed by atoms with Gasteiger partial charge in [0.1, 0.15) is 17.2 Å². The van der Waals surface area contributed by atoms with Crippen LogP contribution in [0.15, 0.2) is 103 Å². The van der Waals surface area contributed by atoms with Crippen molar-refractivity contribution in [1.82, 2.24) is 0 Å². The Bertz CT molecular complexity index is 1430. The van der Waals surface area contributed by atoms with Crippen LogP contribution in [-0.2, 0) is 23.9 Å². The van der Waals surface area contributed by atoms with E-state index >= 15 is 0 Å². The molecule has 0 aliphatic heterocycles. The van der Waals surface area contributed by atoms with Crippen molar-refractivity contribution in [3.05, 3.63) is 103 Å². The fourth-order valence-corrected chi connectivity index (χ4v) is 3.45. The van der Waals surface area contributed by atoms with Gasteiger partial charge >= 0.3 is 17.9 Å². The number of hydrogen-bond donors (Lipinski definition) is 0. The molecule has 0 atom stereocenters. The normalized spacial score (nSPS) is 10.4. The molecule has 40 heavy (non-hydrogen) atoms. The van der Waals surface area contributed by atoms with Crippen molar-refractivity contribution in [2.45, 2.75) is 6.92 Å². The minimum atomic E-state index is -0.587. The number of benzene rings is 3. The number of methoxy groups -OCH3 is 2.